The summed E-state index contributed by atoms with van der Waals surface area (Å²) in [5.74, 6) is 0. The largest absolute Gasteiger partial charge is 0.378 e. The number of nitrogens with zero attached hydrogens (tertiary/aromatic N) is 1. The van der Waals surface area contributed by atoms with Gasteiger partial charge in [0, 0.05) is 31.1 Å². The summed E-state index contributed by atoms with van der Waals surface area (Å²) >= 11 is 5.41. The highest BCUT2D eigenvalue weighted by Crippen LogP contribution is 2.04. The zero-order chi connectivity index (χ0) is 10.5. The summed E-state index contributed by atoms with van der Waals surface area (Å²) in [5, 5.41) is 0. The van der Waals surface area contributed by atoms with Crippen LogP contribution in [0.3, 0.4) is 0 Å². The van der Waals surface area contributed by atoms with Crippen molar-refractivity contribution in [1.29, 1.82) is 0 Å². The fraction of sp³-hybridized carbons (Fsp3) is 0.455. The first-order chi connectivity index (χ1) is 7.36. The number of nitrogens with one attached hydrogen (secondary N) is 1. The Morgan fingerprint density at radius 2 is 2.27 bits per heavy atom. The van der Waals surface area contributed by atoms with Crippen LogP contribution in [0.5, 0.6) is 0 Å². The van der Waals surface area contributed by atoms with Crippen molar-refractivity contribution >= 4 is 17.2 Å². The summed E-state index contributed by atoms with van der Waals surface area (Å²) in [6, 6.07) is 4.08. The molecule has 0 aromatic carbocycles. The Morgan fingerprint density at radius 3 is 2.93 bits per heavy atom. The maximum atomic E-state index is 5.41. The molecule has 1 saturated heterocycles. The Balaban J connectivity index is 1.91. The van der Waals surface area contributed by atoms with E-state index in [2.05, 4.69) is 16.0 Å². The number of aromatic nitrogens is 1. The third-order valence-corrected chi connectivity index (χ3v) is 2.89. The van der Waals surface area contributed by atoms with Gasteiger partial charge in [-0.3, -0.25) is 0 Å². The summed E-state index contributed by atoms with van der Waals surface area (Å²) in [5.41, 5.74) is 1.23. The normalized spacial score (nSPS) is 16.4. The molecule has 1 aromatic rings. The van der Waals surface area contributed by atoms with Crippen LogP contribution in [0.4, 0.5) is 0 Å². The lowest BCUT2D eigenvalue weighted by Crippen LogP contribution is -2.40. The lowest BCUT2D eigenvalue weighted by molar-refractivity contribution is -0.378. The van der Waals surface area contributed by atoms with Crippen LogP contribution in [0.25, 0.3) is 0 Å². The Kier molecular flexibility index (Phi) is 3.64. The fourth-order valence-corrected chi connectivity index (χ4v) is 1.99. The van der Waals surface area contributed by atoms with Crippen molar-refractivity contribution in [3.8, 4) is 0 Å². The molecule has 1 aromatic heterocycles. The molecule has 2 rings (SSSR count). The summed E-state index contributed by atoms with van der Waals surface area (Å²) in [4.78, 5) is 6.31. The van der Waals surface area contributed by atoms with Crippen molar-refractivity contribution in [1.82, 2.24) is 4.90 Å². The minimum atomic E-state index is 0.793. The zero-order valence-electron chi connectivity index (χ0n) is 8.61. The third-order valence-electron chi connectivity index (χ3n) is 2.49. The van der Waals surface area contributed by atoms with Gasteiger partial charge in [0.2, 0.25) is 0 Å². The predicted octanol–water partition coefficient (Wildman–Crippen LogP) is 0.703. The molecule has 1 aliphatic rings. The second-order valence-corrected chi connectivity index (χ2v) is 4.05. The third kappa shape index (κ3) is 2.97. The van der Waals surface area contributed by atoms with Gasteiger partial charge in [0.1, 0.15) is 0 Å². The van der Waals surface area contributed by atoms with E-state index in [9.17, 15) is 0 Å². The van der Waals surface area contributed by atoms with Gasteiger partial charge in [-0.2, -0.15) is 0 Å². The fourth-order valence-electron chi connectivity index (χ4n) is 1.64. The quantitative estimate of drug-likeness (QED) is 0.691. The molecule has 0 aliphatic carbocycles. The number of aromatic amines is 1. The highest BCUT2D eigenvalue weighted by molar-refractivity contribution is 7.80. The topological polar surface area (TPSA) is 26.6 Å². The second kappa shape index (κ2) is 5.19. The van der Waals surface area contributed by atoms with E-state index in [1.165, 1.54) is 5.56 Å². The van der Waals surface area contributed by atoms with Crippen LogP contribution in [0, 0.1) is 0 Å². The van der Waals surface area contributed by atoms with Crippen molar-refractivity contribution < 1.29 is 9.72 Å². The van der Waals surface area contributed by atoms with Crippen LogP contribution < -0.4 is 4.98 Å². The van der Waals surface area contributed by atoms with Gasteiger partial charge < -0.3 is 9.64 Å². The number of ether oxygens (including phenoxy) is 1. The van der Waals surface area contributed by atoms with E-state index < -0.39 is 0 Å². The van der Waals surface area contributed by atoms with Gasteiger partial charge in [0.25, 0.3) is 0 Å². The number of hydrogen-bond donors (Lipinski definition) is 0. The van der Waals surface area contributed by atoms with Gasteiger partial charge in [-0.25, -0.2) is 4.98 Å². The molecular formula is C11H15N2OS+. The lowest BCUT2D eigenvalue weighted by Gasteiger charge is -2.29. The van der Waals surface area contributed by atoms with Gasteiger partial charge >= 0.3 is 0 Å². The molecule has 0 unspecified atom stereocenters. The first-order valence-corrected chi connectivity index (χ1v) is 5.57. The Morgan fingerprint density at radius 1 is 1.47 bits per heavy atom. The highest BCUT2D eigenvalue weighted by Gasteiger charge is 2.14. The van der Waals surface area contributed by atoms with Gasteiger partial charge in [0.05, 0.1) is 18.2 Å². The molecule has 0 bridgehead atoms. The Labute approximate surface area is 95.1 Å². The van der Waals surface area contributed by atoms with Crippen molar-refractivity contribution in [2.24, 2.45) is 0 Å². The lowest BCUT2D eigenvalue weighted by atomic mass is 10.2. The number of thiocarbonyl (C=S) groups is 1. The number of morpholine rings is 1. The van der Waals surface area contributed by atoms with Crippen LogP contribution in [0.15, 0.2) is 24.5 Å². The summed E-state index contributed by atoms with van der Waals surface area (Å²) in [7, 11) is 0. The Hall–Kier alpha value is -1.00. The molecule has 15 heavy (non-hydrogen) atoms. The summed E-state index contributed by atoms with van der Waals surface area (Å²) in [6.07, 6.45) is 4.74. The standard InChI is InChI=1S/C11H14N2OS/c15-11(13-4-6-14-7-5-13)8-10-2-1-3-12-9-10/h1-3,9H,4-8H2/p+1. The molecule has 3 nitrogen and oxygen atoms in total. The monoisotopic (exact) mass is 223 g/mol. The summed E-state index contributed by atoms with van der Waals surface area (Å²) < 4.78 is 5.29. The number of H-pyrrole nitrogens is 1. The Bertz CT molecular complexity index is 323. The van der Waals surface area contributed by atoms with Crippen LogP contribution in [-0.2, 0) is 11.2 Å². The molecule has 1 aliphatic heterocycles. The van der Waals surface area contributed by atoms with Crippen LogP contribution in [-0.4, -0.2) is 36.2 Å². The van der Waals surface area contributed by atoms with Crippen LogP contribution in [0.2, 0.25) is 0 Å². The SMILES string of the molecule is S=C(Cc1ccc[nH+]c1)N1CCOCC1. The smallest absolute Gasteiger partial charge is 0.170 e. The van der Waals surface area contributed by atoms with Crippen molar-refractivity contribution in [2.75, 3.05) is 26.3 Å². The van der Waals surface area contributed by atoms with Gasteiger partial charge in [-0.05, 0) is 6.07 Å². The number of pyridine rings is 1. The first-order valence-electron chi connectivity index (χ1n) is 5.17. The maximum absolute atomic E-state index is 5.41. The molecule has 0 radical (unpaired) electrons. The highest BCUT2D eigenvalue weighted by atomic mass is 32.1. The van der Waals surface area contributed by atoms with E-state index in [4.69, 9.17) is 17.0 Å². The minimum Gasteiger partial charge on any atom is -0.378 e. The van der Waals surface area contributed by atoms with Crippen molar-refractivity contribution in [3.05, 3.63) is 30.1 Å². The maximum Gasteiger partial charge on any atom is 0.170 e. The molecule has 1 N–H and O–H groups in total. The molecular weight excluding hydrogens is 208 g/mol. The molecule has 80 valence electrons. The zero-order valence-corrected chi connectivity index (χ0v) is 9.43. The van der Waals surface area contributed by atoms with Gasteiger partial charge in [0.15, 0.2) is 12.4 Å². The van der Waals surface area contributed by atoms with E-state index in [1.807, 2.05) is 18.5 Å². The van der Waals surface area contributed by atoms with E-state index in [0.29, 0.717) is 0 Å². The van der Waals surface area contributed by atoms with E-state index in [0.717, 1.165) is 37.7 Å². The molecule has 0 atom stereocenters. The first kappa shape index (κ1) is 10.5. The molecule has 2 heterocycles. The van der Waals surface area contributed by atoms with Gasteiger partial charge in [-0.15, -0.1) is 0 Å². The van der Waals surface area contributed by atoms with E-state index in [1.54, 1.807) is 0 Å². The van der Waals surface area contributed by atoms with Crippen molar-refractivity contribution in [3.63, 3.8) is 0 Å². The van der Waals surface area contributed by atoms with Crippen LogP contribution in [0.1, 0.15) is 5.56 Å². The van der Waals surface area contributed by atoms with Crippen molar-refractivity contribution in [2.45, 2.75) is 6.42 Å². The van der Waals surface area contributed by atoms with E-state index >= 15 is 0 Å². The number of rotatable bonds is 2. The van der Waals surface area contributed by atoms with Gasteiger partial charge in [-0.1, -0.05) is 12.2 Å². The summed E-state index contributed by atoms with van der Waals surface area (Å²) in [6.45, 7) is 3.44. The average molecular weight is 223 g/mol. The molecule has 0 amide bonds. The minimum absolute atomic E-state index is 0.793. The number of hydrogen-bond acceptors (Lipinski definition) is 2. The predicted molar refractivity (Wildman–Crippen MR) is 61.7 cm³/mol. The molecule has 0 saturated carbocycles. The molecule has 1 fully saturated rings. The average Bonchev–Trinajstić information content (AvgIpc) is 2.31. The van der Waals surface area contributed by atoms with E-state index in [-0.39, 0.29) is 0 Å². The molecule has 4 heteroatoms. The second-order valence-electron chi connectivity index (χ2n) is 3.58. The van der Waals surface area contributed by atoms with Crippen LogP contribution >= 0.6 is 12.2 Å². The molecule has 0 spiro atoms.